The lowest BCUT2D eigenvalue weighted by Crippen LogP contribution is -2.14. The van der Waals surface area contributed by atoms with Crippen molar-refractivity contribution in [2.45, 2.75) is 30.7 Å². The fourth-order valence-electron chi connectivity index (χ4n) is 2.16. The van der Waals surface area contributed by atoms with Crippen LogP contribution in [0.5, 0.6) is 0 Å². The predicted molar refractivity (Wildman–Crippen MR) is 89.5 cm³/mol. The van der Waals surface area contributed by atoms with E-state index in [1.165, 1.54) is 22.5 Å². The third kappa shape index (κ3) is 4.02. The molecule has 3 rings (SSSR count). The number of amides is 1. The van der Waals surface area contributed by atoms with Crippen LogP contribution in [0.3, 0.4) is 0 Å². The first-order chi connectivity index (χ1) is 12.1. The van der Waals surface area contributed by atoms with E-state index in [1.807, 2.05) is 6.92 Å². The molecule has 0 unspecified atom stereocenters. The number of thioether (sulfide) groups is 1. The third-order valence-corrected chi connectivity index (χ3v) is 4.15. The maximum Gasteiger partial charge on any atom is 0.225 e. The number of carbonyl (C=O) groups is 1. The quantitative estimate of drug-likeness (QED) is 0.615. The molecular formula is C15H16FN7OS. The van der Waals surface area contributed by atoms with Gasteiger partial charge in [-0.25, -0.2) is 19.0 Å². The minimum absolute atomic E-state index is 0.111. The predicted octanol–water partition coefficient (Wildman–Crippen LogP) is 1.41. The lowest BCUT2D eigenvalue weighted by atomic mass is 10.3. The Morgan fingerprint density at radius 2 is 2.16 bits per heavy atom. The van der Waals surface area contributed by atoms with Crippen LogP contribution in [0.25, 0.3) is 5.69 Å². The van der Waals surface area contributed by atoms with Gasteiger partial charge in [-0.15, -0.1) is 5.10 Å². The number of primary amides is 1. The van der Waals surface area contributed by atoms with Crippen molar-refractivity contribution in [3.05, 3.63) is 47.6 Å². The van der Waals surface area contributed by atoms with Gasteiger partial charge in [0.05, 0.1) is 12.2 Å². The molecule has 0 radical (unpaired) electrons. The molecule has 0 saturated carbocycles. The summed E-state index contributed by atoms with van der Waals surface area (Å²) in [7, 11) is 0. The molecule has 1 amide bonds. The van der Waals surface area contributed by atoms with Gasteiger partial charge in [-0.3, -0.25) is 9.89 Å². The SMILES string of the molecule is CCc1nc(SCc2nc(CC(N)=O)nn2-c2ccccc2F)n[nH]1. The number of benzene rings is 1. The number of carbonyl (C=O) groups excluding carboxylic acids is 1. The Morgan fingerprint density at radius 1 is 1.36 bits per heavy atom. The molecule has 0 saturated heterocycles. The molecule has 8 nitrogen and oxygen atoms in total. The van der Waals surface area contributed by atoms with E-state index < -0.39 is 11.7 Å². The largest absolute Gasteiger partial charge is 0.369 e. The molecule has 2 aromatic heterocycles. The molecule has 0 atom stereocenters. The summed E-state index contributed by atoms with van der Waals surface area (Å²) in [5, 5.41) is 11.7. The number of nitrogens with zero attached hydrogens (tertiary/aromatic N) is 5. The number of rotatable bonds is 7. The van der Waals surface area contributed by atoms with Crippen molar-refractivity contribution in [1.29, 1.82) is 0 Å². The van der Waals surface area contributed by atoms with E-state index in [2.05, 4.69) is 25.3 Å². The molecule has 25 heavy (non-hydrogen) atoms. The van der Waals surface area contributed by atoms with Gasteiger partial charge in [-0.2, -0.15) is 5.10 Å². The number of nitrogens with one attached hydrogen (secondary N) is 1. The molecule has 0 aliphatic carbocycles. The van der Waals surface area contributed by atoms with Crippen molar-refractivity contribution < 1.29 is 9.18 Å². The number of hydrogen-bond donors (Lipinski definition) is 2. The Balaban J connectivity index is 1.89. The summed E-state index contributed by atoms with van der Waals surface area (Å²) in [6.45, 7) is 1.97. The Kier molecular flexibility index (Phi) is 5.08. The van der Waals surface area contributed by atoms with E-state index in [1.54, 1.807) is 18.2 Å². The minimum atomic E-state index is -0.550. The first-order valence-electron chi connectivity index (χ1n) is 7.59. The summed E-state index contributed by atoms with van der Waals surface area (Å²) in [4.78, 5) is 19.8. The fourth-order valence-corrected chi connectivity index (χ4v) is 2.89. The van der Waals surface area contributed by atoms with Crippen LogP contribution in [-0.4, -0.2) is 35.9 Å². The molecule has 0 bridgehead atoms. The van der Waals surface area contributed by atoms with Crippen LogP contribution in [0.15, 0.2) is 29.4 Å². The van der Waals surface area contributed by atoms with E-state index in [4.69, 9.17) is 5.73 Å². The zero-order valence-corrected chi connectivity index (χ0v) is 14.3. The molecule has 130 valence electrons. The number of H-pyrrole nitrogens is 1. The molecule has 1 aromatic carbocycles. The highest BCUT2D eigenvalue weighted by atomic mass is 32.2. The fraction of sp³-hybridized carbons (Fsp3) is 0.267. The molecular weight excluding hydrogens is 345 g/mol. The molecule has 3 N–H and O–H groups in total. The first kappa shape index (κ1) is 17.1. The molecule has 0 aliphatic rings. The lowest BCUT2D eigenvalue weighted by molar-refractivity contribution is -0.117. The number of aryl methyl sites for hydroxylation is 1. The number of nitrogens with two attached hydrogens (primary N) is 1. The van der Waals surface area contributed by atoms with Crippen molar-refractivity contribution in [3.8, 4) is 5.69 Å². The maximum atomic E-state index is 14.1. The Bertz CT molecular complexity index is 892. The van der Waals surface area contributed by atoms with Gasteiger partial charge < -0.3 is 5.73 Å². The van der Waals surface area contributed by atoms with Crippen molar-refractivity contribution in [2.75, 3.05) is 0 Å². The maximum absolute atomic E-state index is 14.1. The Labute approximate surface area is 147 Å². The lowest BCUT2D eigenvalue weighted by Gasteiger charge is -2.05. The molecule has 10 heteroatoms. The first-order valence-corrected chi connectivity index (χ1v) is 8.57. The van der Waals surface area contributed by atoms with Gasteiger partial charge in [0.25, 0.3) is 0 Å². The van der Waals surface area contributed by atoms with Gasteiger partial charge in [0.1, 0.15) is 23.2 Å². The molecule has 0 spiro atoms. The van der Waals surface area contributed by atoms with Gasteiger partial charge in [0.2, 0.25) is 11.1 Å². The van der Waals surface area contributed by atoms with Gasteiger partial charge in [-0.05, 0) is 12.1 Å². The van der Waals surface area contributed by atoms with Crippen LogP contribution >= 0.6 is 11.8 Å². The van der Waals surface area contributed by atoms with Crippen LogP contribution in [0.4, 0.5) is 4.39 Å². The third-order valence-electron chi connectivity index (χ3n) is 3.31. The van der Waals surface area contributed by atoms with Crippen molar-refractivity contribution >= 4 is 17.7 Å². The van der Waals surface area contributed by atoms with E-state index in [0.717, 1.165) is 12.2 Å². The highest BCUT2D eigenvalue weighted by molar-refractivity contribution is 7.98. The highest BCUT2D eigenvalue weighted by Crippen LogP contribution is 2.21. The second-order valence-corrected chi connectivity index (χ2v) is 6.10. The van der Waals surface area contributed by atoms with Crippen LogP contribution in [0.2, 0.25) is 0 Å². The molecule has 0 fully saturated rings. The topological polar surface area (TPSA) is 115 Å². The van der Waals surface area contributed by atoms with Gasteiger partial charge >= 0.3 is 0 Å². The number of aromatic amines is 1. The summed E-state index contributed by atoms with van der Waals surface area (Å²) in [6, 6.07) is 6.22. The van der Waals surface area contributed by atoms with E-state index >= 15 is 0 Å². The van der Waals surface area contributed by atoms with Gasteiger partial charge in [-0.1, -0.05) is 30.8 Å². The average molecular weight is 361 g/mol. The van der Waals surface area contributed by atoms with E-state index in [-0.39, 0.29) is 17.9 Å². The van der Waals surface area contributed by atoms with Gasteiger partial charge in [0.15, 0.2) is 5.82 Å². The summed E-state index contributed by atoms with van der Waals surface area (Å²) >= 11 is 1.34. The molecule has 3 aromatic rings. The van der Waals surface area contributed by atoms with Crippen molar-refractivity contribution in [3.63, 3.8) is 0 Å². The number of halogens is 1. The molecule has 2 heterocycles. The molecule has 0 aliphatic heterocycles. The second-order valence-electron chi connectivity index (χ2n) is 5.16. The van der Waals surface area contributed by atoms with Crippen molar-refractivity contribution in [1.82, 2.24) is 29.9 Å². The minimum Gasteiger partial charge on any atom is -0.369 e. The standard InChI is InChI=1S/C15H16FN7OS/c1-2-12-19-15(21-20-12)25-8-14-18-13(7-11(17)24)22-23(14)10-6-4-3-5-9(10)16/h3-6H,2,7-8H2,1H3,(H2,17,24)(H,19,20,21). The zero-order valence-electron chi connectivity index (χ0n) is 13.4. The summed E-state index contributed by atoms with van der Waals surface area (Å²) in [5.41, 5.74) is 5.46. The normalized spacial score (nSPS) is 11.0. The summed E-state index contributed by atoms with van der Waals surface area (Å²) in [5.74, 6) is 0.889. The van der Waals surface area contributed by atoms with Gasteiger partial charge in [0, 0.05) is 6.42 Å². The average Bonchev–Trinajstić information content (AvgIpc) is 3.19. The van der Waals surface area contributed by atoms with Crippen LogP contribution in [0.1, 0.15) is 24.4 Å². The van der Waals surface area contributed by atoms with E-state index in [0.29, 0.717) is 16.7 Å². The van der Waals surface area contributed by atoms with Crippen molar-refractivity contribution in [2.24, 2.45) is 5.73 Å². The smallest absolute Gasteiger partial charge is 0.225 e. The van der Waals surface area contributed by atoms with Crippen LogP contribution < -0.4 is 5.73 Å². The number of hydrogen-bond acceptors (Lipinski definition) is 6. The second kappa shape index (κ2) is 7.43. The monoisotopic (exact) mass is 361 g/mol. The Morgan fingerprint density at radius 3 is 2.84 bits per heavy atom. The number of aromatic nitrogens is 6. The summed E-state index contributed by atoms with van der Waals surface area (Å²) < 4.78 is 15.5. The summed E-state index contributed by atoms with van der Waals surface area (Å²) in [6.07, 6.45) is 0.640. The van der Waals surface area contributed by atoms with Crippen LogP contribution in [0, 0.1) is 5.82 Å². The van der Waals surface area contributed by atoms with E-state index in [9.17, 15) is 9.18 Å². The zero-order chi connectivity index (χ0) is 17.8. The highest BCUT2D eigenvalue weighted by Gasteiger charge is 2.16. The van der Waals surface area contributed by atoms with Crippen LogP contribution in [-0.2, 0) is 23.4 Å². The Hall–Kier alpha value is -2.75. The number of para-hydroxylation sites is 1.